The summed E-state index contributed by atoms with van der Waals surface area (Å²) in [5.41, 5.74) is 13.7. The maximum absolute atomic E-state index is 2.61. The van der Waals surface area contributed by atoms with E-state index >= 15 is 0 Å². The quantitative estimate of drug-likeness (QED) is 0.167. The maximum Gasteiger partial charge on any atom is 0.0627 e. The average Bonchev–Trinajstić information content (AvgIpc) is 4.08. The molecule has 0 saturated heterocycles. The molecule has 0 saturated carbocycles. The Labute approximate surface area is 336 Å². The van der Waals surface area contributed by atoms with E-state index in [1.54, 1.807) is 0 Å². The Kier molecular flexibility index (Phi) is 5.41. The third-order valence-corrected chi connectivity index (χ3v) is 13.6. The second-order valence-electron chi connectivity index (χ2n) is 16.4. The first kappa shape index (κ1) is 30.3. The van der Waals surface area contributed by atoms with E-state index in [1.807, 2.05) is 0 Å². The van der Waals surface area contributed by atoms with Crippen molar-refractivity contribution in [1.82, 2.24) is 13.4 Å². The number of benzene rings is 10. The molecule has 0 radical (unpaired) electrons. The van der Waals surface area contributed by atoms with Gasteiger partial charge in [-0.3, -0.25) is 0 Å². The van der Waals surface area contributed by atoms with Gasteiger partial charge >= 0.3 is 0 Å². The Bertz CT molecular complexity index is 4290. The van der Waals surface area contributed by atoms with E-state index in [1.165, 1.54) is 136 Å². The lowest BCUT2D eigenvalue weighted by atomic mass is 9.96. The third-order valence-electron chi connectivity index (χ3n) is 13.6. The minimum absolute atomic E-state index is 1.17. The van der Waals surface area contributed by atoms with Crippen LogP contribution in [-0.2, 0) is 0 Å². The molecule has 0 aliphatic heterocycles. The fraction of sp³-hybridized carbons (Fsp3) is 0. The molecule has 0 bridgehead atoms. The van der Waals surface area contributed by atoms with Gasteiger partial charge in [-0.25, -0.2) is 0 Å². The number of aromatic nitrogens is 3. The van der Waals surface area contributed by atoms with Gasteiger partial charge in [0.15, 0.2) is 0 Å². The molecule has 15 aromatic rings. The fourth-order valence-corrected chi connectivity index (χ4v) is 11.3. The van der Waals surface area contributed by atoms with Crippen LogP contribution in [0.3, 0.4) is 0 Å². The molecule has 0 aliphatic rings. The van der Waals surface area contributed by atoms with Crippen LogP contribution in [0.15, 0.2) is 188 Å². The lowest BCUT2D eigenvalue weighted by Gasteiger charge is -2.09. The highest BCUT2D eigenvalue weighted by Crippen LogP contribution is 2.50. The molecule has 0 unspecified atom stereocenters. The van der Waals surface area contributed by atoms with Crippen LogP contribution in [0.1, 0.15) is 0 Å². The topological polar surface area (TPSA) is 13.8 Å². The molecule has 59 heavy (non-hydrogen) atoms. The van der Waals surface area contributed by atoms with Crippen LogP contribution in [0.4, 0.5) is 0 Å². The Morgan fingerprint density at radius 1 is 0.271 bits per heavy atom. The molecular weight excluding hydrogens is 715 g/mol. The largest absolute Gasteiger partial charge is 0.309 e. The van der Waals surface area contributed by atoms with Crippen LogP contribution in [0.5, 0.6) is 0 Å². The van der Waals surface area contributed by atoms with Crippen LogP contribution in [0, 0.1) is 0 Å². The molecule has 5 heterocycles. The Morgan fingerprint density at radius 3 is 1.75 bits per heavy atom. The van der Waals surface area contributed by atoms with Crippen LogP contribution < -0.4 is 0 Å². The first-order chi connectivity index (χ1) is 29.3. The minimum atomic E-state index is 1.17. The van der Waals surface area contributed by atoms with Gasteiger partial charge in [0.05, 0.1) is 44.1 Å². The molecule has 0 N–H and O–H groups in total. The van der Waals surface area contributed by atoms with Crippen molar-refractivity contribution in [3.8, 4) is 16.8 Å². The lowest BCUT2D eigenvalue weighted by Crippen LogP contribution is -1.93. The van der Waals surface area contributed by atoms with Gasteiger partial charge in [-0.05, 0) is 87.8 Å². The molecule has 3 nitrogen and oxygen atoms in total. The minimum Gasteiger partial charge on any atom is -0.309 e. The second kappa shape index (κ2) is 10.5. The molecule has 0 fully saturated rings. The summed E-state index contributed by atoms with van der Waals surface area (Å²) in [5.74, 6) is 0. The number of hydrogen-bond acceptors (Lipinski definition) is 0. The van der Waals surface area contributed by atoms with E-state index in [0.717, 1.165) is 0 Å². The molecule has 3 heteroatoms. The average molecular weight is 746 g/mol. The van der Waals surface area contributed by atoms with Crippen LogP contribution in [-0.4, -0.2) is 13.4 Å². The summed E-state index contributed by atoms with van der Waals surface area (Å²) in [6, 6.07) is 70.2. The summed E-state index contributed by atoms with van der Waals surface area (Å²) < 4.78 is 7.55. The zero-order valence-corrected chi connectivity index (χ0v) is 31.7. The van der Waals surface area contributed by atoms with Gasteiger partial charge in [0, 0.05) is 65.1 Å². The smallest absolute Gasteiger partial charge is 0.0627 e. The van der Waals surface area contributed by atoms with Crippen molar-refractivity contribution in [1.29, 1.82) is 0 Å². The van der Waals surface area contributed by atoms with Gasteiger partial charge in [-0.1, -0.05) is 127 Å². The van der Waals surface area contributed by atoms with E-state index in [9.17, 15) is 0 Å². The molecule has 0 spiro atoms. The Hall–Kier alpha value is -7.88. The third kappa shape index (κ3) is 3.62. The number of hydrogen-bond donors (Lipinski definition) is 0. The van der Waals surface area contributed by atoms with Gasteiger partial charge < -0.3 is 13.4 Å². The molecule has 15 rings (SSSR count). The molecular formula is C56H31N3. The van der Waals surface area contributed by atoms with E-state index < -0.39 is 0 Å². The molecule has 0 aliphatic carbocycles. The van der Waals surface area contributed by atoms with Gasteiger partial charge in [0.25, 0.3) is 0 Å². The van der Waals surface area contributed by atoms with Crippen molar-refractivity contribution in [3.63, 3.8) is 0 Å². The normalized spacial score (nSPS) is 12.7. The lowest BCUT2D eigenvalue weighted by molar-refractivity contribution is 1.18. The predicted molar refractivity (Wildman–Crippen MR) is 251 cm³/mol. The molecule has 10 aromatic carbocycles. The molecule has 0 amide bonds. The van der Waals surface area contributed by atoms with Gasteiger partial charge in [0.1, 0.15) is 0 Å². The number of nitrogens with zero attached hydrogens (tertiary/aromatic N) is 3. The SMILES string of the molecule is c1ccc(-n2c3ccccc3c3cc(-c4cccc5c6cc7ccccc7c7c8c9c%10cccc%11c%12cc%13ccccc%13cc%12n(c9ccc8n(c45)c67)c%11%10)ccc32)cc1. The summed E-state index contributed by atoms with van der Waals surface area (Å²) in [7, 11) is 0. The Balaban J connectivity index is 1.11. The number of para-hydroxylation sites is 4. The summed E-state index contributed by atoms with van der Waals surface area (Å²) in [6.07, 6.45) is 0. The van der Waals surface area contributed by atoms with Crippen molar-refractivity contribution in [3.05, 3.63) is 188 Å². The summed E-state index contributed by atoms with van der Waals surface area (Å²) in [5, 5.41) is 18.2. The monoisotopic (exact) mass is 745 g/mol. The van der Waals surface area contributed by atoms with E-state index in [0.29, 0.717) is 0 Å². The number of fused-ring (bicyclic) bond motifs is 19. The van der Waals surface area contributed by atoms with Crippen molar-refractivity contribution in [2.24, 2.45) is 0 Å². The standard InChI is InChI=1S/C56H31N3/c1-2-15-36(16-3-1)57-46-23-9-8-18-39(46)43-29-35(24-25-47(43)57)38-19-10-21-41-45-30-34-14-6-7-17-37(34)52-53-49(59(54(38)41)56(45)52)27-26-48-51(53)42-22-11-20-40-44-28-32-12-4-5-13-33(32)31-50(44)58(48)55(40)42/h1-31H. The maximum atomic E-state index is 2.61. The molecule has 270 valence electrons. The Morgan fingerprint density at radius 2 is 0.881 bits per heavy atom. The summed E-state index contributed by atoms with van der Waals surface area (Å²) in [6.45, 7) is 0. The zero-order valence-electron chi connectivity index (χ0n) is 31.7. The van der Waals surface area contributed by atoms with E-state index in [2.05, 4.69) is 201 Å². The summed E-state index contributed by atoms with van der Waals surface area (Å²) in [4.78, 5) is 0. The van der Waals surface area contributed by atoms with Crippen molar-refractivity contribution in [2.45, 2.75) is 0 Å². The first-order valence-electron chi connectivity index (χ1n) is 20.5. The van der Waals surface area contributed by atoms with Crippen molar-refractivity contribution < 1.29 is 0 Å². The van der Waals surface area contributed by atoms with E-state index in [4.69, 9.17) is 0 Å². The zero-order chi connectivity index (χ0) is 38.1. The second-order valence-corrected chi connectivity index (χ2v) is 16.4. The predicted octanol–water partition coefficient (Wildman–Crippen LogP) is 15.1. The van der Waals surface area contributed by atoms with Crippen molar-refractivity contribution in [2.75, 3.05) is 0 Å². The highest BCUT2D eigenvalue weighted by atomic mass is 15.0. The molecule has 0 atom stereocenters. The highest BCUT2D eigenvalue weighted by Gasteiger charge is 2.27. The number of rotatable bonds is 2. The fourth-order valence-electron chi connectivity index (χ4n) is 11.3. The first-order valence-corrected chi connectivity index (χ1v) is 20.5. The highest BCUT2D eigenvalue weighted by molar-refractivity contribution is 6.40. The summed E-state index contributed by atoms with van der Waals surface area (Å²) >= 11 is 0. The van der Waals surface area contributed by atoms with Gasteiger partial charge in [0.2, 0.25) is 0 Å². The van der Waals surface area contributed by atoms with Gasteiger partial charge in [-0.15, -0.1) is 0 Å². The van der Waals surface area contributed by atoms with Gasteiger partial charge in [-0.2, -0.15) is 0 Å². The molecule has 5 aromatic heterocycles. The van der Waals surface area contributed by atoms with Crippen LogP contribution >= 0.6 is 0 Å². The van der Waals surface area contributed by atoms with E-state index in [-0.39, 0.29) is 0 Å². The van der Waals surface area contributed by atoms with Crippen LogP contribution in [0.2, 0.25) is 0 Å². The van der Waals surface area contributed by atoms with Crippen molar-refractivity contribution >= 4 is 120 Å². The van der Waals surface area contributed by atoms with Crippen LogP contribution in [0.25, 0.3) is 136 Å².